The highest BCUT2D eigenvalue weighted by Crippen LogP contribution is 2.39. The van der Waals surface area contributed by atoms with Crippen LogP contribution in [0.5, 0.6) is 11.5 Å². The van der Waals surface area contributed by atoms with Crippen LogP contribution in [0.2, 0.25) is 0 Å². The molecule has 0 saturated carbocycles. The lowest BCUT2D eigenvalue weighted by molar-refractivity contribution is -0.385. The van der Waals surface area contributed by atoms with E-state index in [0.29, 0.717) is 37.8 Å². The minimum atomic E-state index is -4.92. The van der Waals surface area contributed by atoms with Crippen LogP contribution < -0.4 is 15.2 Å². The highest BCUT2D eigenvalue weighted by atomic mass is 19.4. The minimum Gasteiger partial charge on any atom is -0.493 e. The molecule has 0 atom stereocenters. The molecule has 330 valence electrons. The maximum atomic E-state index is 12.8. The summed E-state index contributed by atoms with van der Waals surface area (Å²) in [6, 6.07) is 7.32. The summed E-state index contributed by atoms with van der Waals surface area (Å²) >= 11 is 0. The Morgan fingerprint density at radius 2 is 0.948 bits per heavy atom. The summed E-state index contributed by atoms with van der Waals surface area (Å²) in [5, 5.41) is 35.8. The van der Waals surface area contributed by atoms with Crippen molar-refractivity contribution in [2.75, 3.05) is 32.7 Å². The maximum absolute atomic E-state index is 12.8. The molecule has 0 spiro atoms. The standard InChI is InChI=1S/C12H14F3NO3.C12H16F3NO.C7H3F4NO2.C5H12O.CH4O/c1-2-3-4-7-19-11-6-5-9(16(17)18)8-10(11)12(13,14)15;1-2-3-4-7-17-11-6-5-9(16)8-10(11)12(13,14)15;8-6-2-1-4(12(13)14)3-5(6)7(9,10)11;1-2-3-4-5-6;1-2/h5-6,8H,2-4,7H2,1H3;5-6,8H,2-4,7,16H2,1H3;1-3H;6H,2-5H2,1H3;2H,1H3. The number of nitro benzene ring substituents is 2. The van der Waals surface area contributed by atoms with Gasteiger partial charge in [-0.05, 0) is 49.6 Å². The highest BCUT2D eigenvalue weighted by molar-refractivity contribution is 5.49. The van der Waals surface area contributed by atoms with Gasteiger partial charge in [0.05, 0.1) is 34.2 Å². The number of ether oxygens (including phenoxy) is 2. The van der Waals surface area contributed by atoms with Crippen molar-refractivity contribution in [1.82, 2.24) is 0 Å². The van der Waals surface area contributed by atoms with Crippen LogP contribution >= 0.6 is 0 Å². The van der Waals surface area contributed by atoms with Crippen molar-refractivity contribution in [1.29, 1.82) is 0 Å². The average molecular weight is 854 g/mol. The number of anilines is 1. The number of alkyl halides is 9. The van der Waals surface area contributed by atoms with Gasteiger partial charge in [0.1, 0.15) is 22.9 Å². The number of nitrogens with zero attached hydrogens (tertiary/aromatic N) is 2. The van der Waals surface area contributed by atoms with E-state index >= 15 is 0 Å². The third kappa shape index (κ3) is 22.7. The first-order valence-electron chi connectivity index (χ1n) is 17.7. The fourth-order valence-electron chi connectivity index (χ4n) is 4.15. The molecule has 0 aliphatic rings. The quantitative estimate of drug-likeness (QED) is 0.0442. The van der Waals surface area contributed by atoms with Gasteiger partial charge in [0.15, 0.2) is 0 Å². The largest absolute Gasteiger partial charge is 0.493 e. The van der Waals surface area contributed by atoms with E-state index in [9.17, 15) is 64.1 Å². The van der Waals surface area contributed by atoms with Crippen molar-refractivity contribution in [2.24, 2.45) is 0 Å². The van der Waals surface area contributed by atoms with E-state index in [0.717, 1.165) is 70.3 Å². The minimum absolute atomic E-state index is 0.0817. The third-order valence-electron chi connectivity index (χ3n) is 7.03. The Bertz CT molecular complexity index is 1620. The summed E-state index contributed by atoms with van der Waals surface area (Å²) in [6.45, 7) is 6.91. The zero-order valence-corrected chi connectivity index (χ0v) is 32.3. The van der Waals surface area contributed by atoms with Gasteiger partial charge in [0, 0.05) is 43.7 Å². The molecule has 0 unspecified atom stereocenters. The first-order chi connectivity index (χ1) is 27.0. The molecule has 21 heteroatoms. The number of hydrogen-bond donors (Lipinski definition) is 3. The second-order valence-electron chi connectivity index (χ2n) is 11.6. The topological polar surface area (TPSA) is 171 Å². The second kappa shape index (κ2) is 28.5. The molecule has 0 amide bonds. The van der Waals surface area contributed by atoms with Crippen molar-refractivity contribution in [3.05, 3.63) is 97.3 Å². The van der Waals surface area contributed by atoms with Gasteiger partial charge in [-0.25, -0.2) is 4.39 Å². The summed E-state index contributed by atoms with van der Waals surface area (Å²) < 4.78 is 135. The number of aliphatic hydroxyl groups excluding tert-OH is 2. The van der Waals surface area contributed by atoms with Gasteiger partial charge in [-0.1, -0.05) is 59.3 Å². The number of non-ortho nitro benzene ring substituents is 2. The van der Waals surface area contributed by atoms with E-state index in [-0.39, 0.29) is 29.9 Å². The number of rotatable bonds is 15. The fraction of sp³-hybridized carbons (Fsp3) is 0.514. The van der Waals surface area contributed by atoms with E-state index in [1.807, 2.05) is 13.8 Å². The lowest BCUT2D eigenvalue weighted by Gasteiger charge is -2.14. The molecule has 11 nitrogen and oxygen atoms in total. The van der Waals surface area contributed by atoms with Crippen molar-refractivity contribution >= 4 is 17.1 Å². The van der Waals surface area contributed by atoms with Crippen LogP contribution in [0.1, 0.15) is 95.2 Å². The normalized spacial score (nSPS) is 10.9. The number of aliphatic hydroxyl groups is 2. The Balaban J connectivity index is 0. The molecule has 0 aliphatic heterocycles. The van der Waals surface area contributed by atoms with Gasteiger partial charge in [0.25, 0.3) is 11.4 Å². The summed E-state index contributed by atoms with van der Waals surface area (Å²) in [6.07, 6.45) is -5.59. The monoisotopic (exact) mass is 853 g/mol. The second-order valence-corrected chi connectivity index (χ2v) is 11.6. The van der Waals surface area contributed by atoms with E-state index in [2.05, 4.69) is 6.92 Å². The van der Waals surface area contributed by atoms with Gasteiger partial charge in [-0.15, -0.1) is 0 Å². The van der Waals surface area contributed by atoms with Gasteiger partial charge < -0.3 is 25.4 Å². The Kier molecular flexibility index (Phi) is 27.1. The van der Waals surface area contributed by atoms with Crippen LogP contribution in [0.25, 0.3) is 0 Å². The SMILES string of the molecule is CCCCCO.CCCCCOc1ccc(N)cc1C(F)(F)F.CCCCCOc1ccc([N+](=O)[O-])cc1C(F)(F)F.CO.O=[N+]([O-])c1ccc(F)c(C(F)(F)F)c1. The number of benzene rings is 3. The van der Waals surface area contributed by atoms with E-state index in [1.165, 1.54) is 18.6 Å². The first-order valence-corrected chi connectivity index (χ1v) is 17.7. The summed E-state index contributed by atoms with van der Waals surface area (Å²) in [5.74, 6) is -2.04. The van der Waals surface area contributed by atoms with Gasteiger partial charge in [-0.2, -0.15) is 39.5 Å². The van der Waals surface area contributed by atoms with Gasteiger partial charge >= 0.3 is 18.5 Å². The molecule has 58 heavy (non-hydrogen) atoms. The number of halogens is 10. The van der Waals surface area contributed by atoms with Crippen molar-refractivity contribution in [3.63, 3.8) is 0 Å². The van der Waals surface area contributed by atoms with Crippen LogP contribution in [0.3, 0.4) is 0 Å². The summed E-state index contributed by atoms with van der Waals surface area (Å²) in [5.41, 5.74) is 0.474. The Morgan fingerprint density at radius 1 is 0.586 bits per heavy atom. The number of nitrogen functional groups attached to an aromatic ring is 1. The Hall–Kier alpha value is -4.92. The van der Waals surface area contributed by atoms with Crippen molar-refractivity contribution in [3.8, 4) is 11.5 Å². The van der Waals surface area contributed by atoms with E-state index in [1.54, 1.807) is 0 Å². The molecule has 0 saturated heterocycles. The van der Waals surface area contributed by atoms with Crippen LogP contribution in [0.15, 0.2) is 54.6 Å². The van der Waals surface area contributed by atoms with Crippen molar-refractivity contribution in [2.45, 2.75) is 97.1 Å². The van der Waals surface area contributed by atoms with Gasteiger partial charge in [-0.3, -0.25) is 20.2 Å². The molecular weight excluding hydrogens is 804 g/mol. The fourth-order valence-corrected chi connectivity index (χ4v) is 4.15. The van der Waals surface area contributed by atoms with Crippen LogP contribution in [0.4, 0.5) is 61.0 Å². The van der Waals surface area contributed by atoms with E-state index in [4.69, 9.17) is 25.4 Å². The molecule has 3 rings (SSSR count). The zero-order chi connectivity index (χ0) is 45.1. The van der Waals surface area contributed by atoms with Crippen LogP contribution in [-0.2, 0) is 18.5 Å². The molecule has 0 radical (unpaired) electrons. The number of nitrogens with two attached hydrogens (primary N) is 1. The van der Waals surface area contributed by atoms with Crippen LogP contribution in [-0.4, -0.2) is 47.0 Å². The van der Waals surface area contributed by atoms with Crippen LogP contribution in [0, 0.1) is 26.0 Å². The molecule has 0 aliphatic carbocycles. The van der Waals surface area contributed by atoms with Crippen molar-refractivity contribution < 1.29 is 73.4 Å². The molecule has 0 fully saturated rings. The molecule has 3 aromatic carbocycles. The lowest BCUT2D eigenvalue weighted by Crippen LogP contribution is -2.10. The first kappa shape index (κ1) is 55.2. The Morgan fingerprint density at radius 3 is 1.31 bits per heavy atom. The average Bonchev–Trinajstić information content (AvgIpc) is 3.15. The number of hydrogen-bond acceptors (Lipinski definition) is 9. The molecule has 0 aromatic heterocycles. The highest BCUT2D eigenvalue weighted by Gasteiger charge is 2.37. The predicted octanol–water partition coefficient (Wildman–Crippen LogP) is 11.6. The molecule has 3 aromatic rings. The third-order valence-corrected chi connectivity index (χ3v) is 7.03. The lowest BCUT2D eigenvalue weighted by atomic mass is 10.1. The molecule has 4 N–H and O–H groups in total. The molecule has 0 heterocycles. The Labute approximate surface area is 329 Å². The van der Waals surface area contributed by atoms with E-state index < -0.39 is 62.3 Å². The number of nitro groups is 2. The molecular formula is C37H49F10N3O8. The molecule has 0 bridgehead atoms. The van der Waals surface area contributed by atoms with Gasteiger partial charge in [0.2, 0.25) is 0 Å². The zero-order valence-electron chi connectivity index (χ0n) is 32.3. The number of unbranched alkanes of at least 4 members (excludes halogenated alkanes) is 6. The summed E-state index contributed by atoms with van der Waals surface area (Å²) in [4.78, 5) is 18.7. The smallest absolute Gasteiger partial charge is 0.420 e. The predicted molar refractivity (Wildman–Crippen MR) is 197 cm³/mol. The summed E-state index contributed by atoms with van der Waals surface area (Å²) in [7, 11) is 1.00. The maximum Gasteiger partial charge on any atom is 0.420 e.